The van der Waals surface area contributed by atoms with Gasteiger partial charge < -0.3 is 14.2 Å². The molecule has 1 unspecified atom stereocenters. The van der Waals surface area contributed by atoms with Gasteiger partial charge in [-0.25, -0.2) is 0 Å². The Bertz CT molecular complexity index is 397. The molecule has 2 fully saturated rings. The molecule has 1 atom stereocenters. The van der Waals surface area contributed by atoms with Gasteiger partial charge in [0.25, 0.3) is 0 Å². The van der Waals surface area contributed by atoms with Gasteiger partial charge in [-0.1, -0.05) is 12.5 Å². The van der Waals surface area contributed by atoms with Crippen LogP contribution in [0.4, 0.5) is 0 Å². The van der Waals surface area contributed by atoms with Crippen LogP contribution in [0.2, 0.25) is 0 Å². The van der Waals surface area contributed by atoms with Crippen molar-refractivity contribution in [2.24, 2.45) is 0 Å². The van der Waals surface area contributed by atoms with Gasteiger partial charge in [-0.15, -0.1) is 0 Å². The summed E-state index contributed by atoms with van der Waals surface area (Å²) in [4.78, 5) is 2.70. The molecule has 3 nitrogen and oxygen atoms in total. The van der Waals surface area contributed by atoms with Crippen LogP contribution in [0.25, 0.3) is 0 Å². The van der Waals surface area contributed by atoms with Crippen LogP contribution in [-0.4, -0.2) is 42.4 Å². The van der Waals surface area contributed by atoms with E-state index in [0.717, 1.165) is 12.5 Å². The highest BCUT2D eigenvalue weighted by Gasteiger charge is 2.52. The smallest absolute Gasteiger partial charge is 0.400 e. The highest BCUT2D eigenvalue weighted by Crippen LogP contribution is 2.40. The van der Waals surface area contributed by atoms with Gasteiger partial charge in [0.15, 0.2) is 0 Å². The van der Waals surface area contributed by atoms with Gasteiger partial charge in [0.1, 0.15) is 0 Å². The average Bonchev–Trinajstić information content (AvgIpc) is 2.69. The van der Waals surface area contributed by atoms with Crippen molar-refractivity contribution in [1.82, 2.24) is 4.90 Å². The third kappa shape index (κ3) is 3.08. The van der Waals surface area contributed by atoms with Crippen LogP contribution in [0.1, 0.15) is 66.2 Å². The maximum atomic E-state index is 6.18. The average molecular weight is 291 g/mol. The van der Waals surface area contributed by atoms with E-state index in [4.69, 9.17) is 9.31 Å². The van der Waals surface area contributed by atoms with Crippen LogP contribution < -0.4 is 0 Å². The Labute approximate surface area is 130 Å². The number of allylic oxidation sites excluding steroid dienone is 1. The van der Waals surface area contributed by atoms with Gasteiger partial charge in [0.05, 0.1) is 11.2 Å². The van der Waals surface area contributed by atoms with E-state index in [9.17, 15) is 0 Å². The number of piperidine rings is 1. The zero-order chi connectivity index (χ0) is 15.1. The third-order valence-electron chi connectivity index (χ3n) is 5.88. The van der Waals surface area contributed by atoms with E-state index in [1.165, 1.54) is 50.7 Å². The van der Waals surface area contributed by atoms with Crippen molar-refractivity contribution in [2.45, 2.75) is 83.5 Å². The fourth-order valence-corrected chi connectivity index (χ4v) is 3.66. The number of likely N-dealkylation sites (tertiary alicyclic amines) is 1. The van der Waals surface area contributed by atoms with Gasteiger partial charge in [-0.2, -0.15) is 0 Å². The Morgan fingerprint density at radius 3 is 2.19 bits per heavy atom. The summed E-state index contributed by atoms with van der Waals surface area (Å²) in [5.74, 6) is 0. The summed E-state index contributed by atoms with van der Waals surface area (Å²) in [5, 5.41) is 0. The summed E-state index contributed by atoms with van der Waals surface area (Å²) in [6.07, 6.45) is 10.1. The van der Waals surface area contributed by atoms with E-state index in [2.05, 4.69) is 38.7 Å². The van der Waals surface area contributed by atoms with E-state index in [1.54, 1.807) is 0 Å². The van der Waals surface area contributed by atoms with Crippen molar-refractivity contribution in [3.05, 3.63) is 11.5 Å². The molecule has 3 rings (SSSR count). The highest BCUT2D eigenvalue weighted by molar-refractivity contribution is 6.54. The first kappa shape index (κ1) is 15.6. The van der Waals surface area contributed by atoms with E-state index in [-0.39, 0.29) is 18.3 Å². The lowest BCUT2D eigenvalue weighted by molar-refractivity contribution is 0.00578. The molecule has 2 aliphatic heterocycles. The molecule has 0 aromatic heterocycles. The minimum atomic E-state index is -0.220. The Morgan fingerprint density at radius 2 is 1.67 bits per heavy atom. The zero-order valence-corrected chi connectivity index (χ0v) is 14.2. The van der Waals surface area contributed by atoms with Gasteiger partial charge >= 0.3 is 7.12 Å². The monoisotopic (exact) mass is 291 g/mol. The van der Waals surface area contributed by atoms with Gasteiger partial charge in [0, 0.05) is 6.04 Å². The maximum Gasteiger partial charge on any atom is 0.490 e. The van der Waals surface area contributed by atoms with Crippen LogP contribution in [0.3, 0.4) is 0 Å². The Kier molecular flexibility index (Phi) is 4.24. The minimum Gasteiger partial charge on any atom is -0.400 e. The van der Waals surface area contributed by atoms with Crippen molar-refractivity contribution in [1.29, 1.82) is 0 Å². The Morgan fingerprint density at radius 1 is 1.05 bits per heavy atom. The quantitative estimate of drug-likeness (QED) is 0.726. The Hall–Kier alpha value is -0.315. The molecule has 118 valence electrons. The first-order chi connectivity index (χ1) is 9.89. The summed E-state index contributed by atoms with van der Waals surface area (Å²) < 4.78 is 12.4. The molecule has 3 aliphatic rings. The molecule has 0 aromatic carbocycles. The lowest BCUT2D eigenvalue weighted by atomic mass is 9.71. The third-order valence-corrected chi connectivity index (χ3v) is 5.88. The molecule has 0 amide bonds. The molecule has 1 aliphatic carbocycles. The normalized spacial score (nSPS) is 33.0. The van der Waals surface area contributed by atoms with Crippen LogP contribution >= 0.6 is 0 Å². The van der Waals surface area contributed by atoms with E-state index >= 15 is 0 Å². The molecule has 4 heteroatoms. The minimum absolute atomic E-state index is 0.127. The highest BCUT2D eigenvalue weighted by atomic mass is 16.7. The molecule has 0 spiro atoms. The SMILES string of the molecule is CC1(C)OB(C2=CCC(N3CCCCC3)CC2)OC1(C)C. The molecule has 0 bridgehead atoms. The lowest BCUT2D eigenvalue weighted by Crippen LogP contribution is -2.41. The van der Waals surface area contributed by atoms with Gasteiger partial charge in [0.2, 0.25) is 0 Å². The second-order valence-corrected chi connectivity index (χ2v) is 7.89. The number of hydrogen-bond acceptors (Lipinski definition) is 3. The van der Waals surface area contributed by atoms with Crippen molar-refractivity contribution >= 4 is 7.12 Å². The topological polar surface area (TPSA) is 21.7 Å². The zero-order valence-electron chi connectivity index (χ0n) is 14.2. The number of rotatable bonds is 2. The second kappa shape index (κ2) is 5.71. The summed E-state index contributed by atoms with van der Waals surface area (Å²) in [7, 11) is -0.127. The molecule has 2 heterocycles. The molecule has 21 heavy (non-hydrogen) atoms. The number of hydrogen-bond donors (Lipinski definition) is 0. The van der Waals surface area contributed by atoms with Gasteiger partial charge in [-0.05, 0) is 78.4 Å². The van der Waals surface area contributed by atoms with Gasteiger partial charge in [-0.3, -0.25) is 0 Å². The van der Waals surface area contributed by atoms with E-state index < -0.39 is 0 Å². The van der Waals surface area contributed by atoms with Crippen molar-refractivity contribution < 1.29 is 9.31 Å². The standard InChI is InChI=1S/C17H30BNO2/c1-16(2)17(3,4)21-18(20-16)14-8-10-15(11-9-14)19-12-6-5-7-13-19/h8,15H,5-7,9-13H2,1-4H3. The molecule has 0 N–H and O–H groups in total. The summed E-state index contributed by atoms with van der Waals surface area (Å²) >= 11 is 0. The first-order valence-electron chi connectivity index (χ1n) is 8.68. The Balaban J connectivity index is 1.60. The van der Waals surface area contributed by atoms with Crippen molar-refractivity contribution in [3.63, 3.8) is 0 Å². The van der Waals surface area contributed by atoms with Crippen LogP contribution in [0, 0.1) is 0 Å². The molecule has 0 radical (unpaired) electrons. The molecule has 0 aromatic rings. The van der Waals surface area contributed by atoms with Crippen LogP contribution in [0.5, 0.6) is 0 Å². The molecule has 2 saturated heterocycles. The number of nitrogens with zero attached hydrogens (tertiary/aromatic N) is 1. The van der Waals surface area contributed by atoms with Crippen molar-refractivity contribution in [2.75, 3.05) is 13.1 Å². The fourth-order valence-electron chi connectivity index (χ4n) is 3.66. The first-order valence-corrected chi connectivity index (χ1v) is 8.68. The van der Waals surface area contributed by atoms with Crippen LogP contribution in [-0.2, 0) is 9.31 Å². The molecular weight excluding hydrogens is 261 g/mol. The van der Waals surface area contributed by atoms with Crippen molar-refractivity contribution in [3.8, 4) is 0 Å². The largest absolute Gasteiger partial charge is 0.490 e. The van der Waals surface area contributed by atoms with E-state index in [1.807, 2.05) is 0 Å². The maximum absolute atomic E-state index is 6.18. The molecular formula is C17H30BNO2. The predicted molar refractivity (Wildman–Crippen MR) is 87.2 cm³/mol. The summed E-state index contributed by atoms with van der Waals surface area (Å²) in [5.41, 5.74) is 0.923. The predicted octanol–water partition coefficient (Wildman–Crippen LogP) is 3.58. The van der Waals surface area contributed by atoms with E-state index in [0.29, 0.717) is 0 Å². The molecule has 0 saturated carbocycles. The lowest BCUT2D eigenvalue weighted by Gasteiger charge is -2.36. The second-order valence-electron chi connectivity index (χ2n) is 7.89. The fraction of sp³-hybridized carbons (Fsp3) is 0.882. The summed E-state index contributed by atoms with van der Waals surface area (Å²) in [6.45, 7) is 11.1. The van der Waals surface area contributed by atoms with Crippen LogP contribution in [0.15, 0.2) is 11.5 Å². The summed E-state index contributed by atoms with van der Waals surface area (Å²) in [6, 6.07) is 0.747.